The number of fused-ring (bicyclic) bond motifs is 1. The van der Waals surface area contributed by atoms with Crippen LogP contribution < -0.4 is 10.1 Å². The highest BCUT2D eigenvalue weighted by molar-refractivity contribution is 5.37. The highest BCUT2D eigenvalue weighted by atomic mass is 16.5. The zero-order valence-corrected chi connectivity index (χ0v) is 9.19. The molecule has 15 heavy (non-hydrogen) atoms. The van der Waals surface area contributed by atoms with Crippen LogP contribution in [0.4, 0.5) is 0 Å². The Bertz CT molecular complexity index is 327. The van der Waals surface area contributed by atoms with Crippen LogP contribution in [0.2, 0.25) is 0 Å². The SMILES string of the molecule is CNCC1COc2ccccc2C1OC. The van der Waals surface area contributed by atoms with Crippen LogP contribution in [-0.2, 0) is 4.74 Å². The Morgan fingerprint density at radius 1 is 1.47 bits per heavy atom. The average molecular weight is 207 g/mol. The molecule has 0 amide bonds. The standard InChI is InChI=1S/C12H17NO2/c1-13-7-9-8-15-11-6-4-3-5-10(11)12(9)14-2/h3-6,9,12-13H,7-8H2,1-2H3. The van der Waals surface area contributed by atoms with Gasteiger partial charge in [-0.15, -0.1) is 0 Å². The zero-order chi connectivity index (χ0) is 10.7. The van der Waals surface area contributed by atoms with Crippen molar-refractivity contribution in [3.63, 3.8) is 0 Å². The Hall–Kier alpha value is -1.06. The van der Waals surface area contributed by atoms with E-state index in [9.17, 15) is 0 Å². The summed E-state index contributed by atoms with van der Waals surface area (Å²) in [5.41, 5.74) is 1.16. The molecule has 1 heterocycles. The lowest BCUT2D eigenvalue weighted by Gasteiger charge is -2.32. The van der Waals surface area contributed by atoms with Crippen LogP contribution in [0.5, 0.6) is 5.75 Å². The lowest BCUT2D eigenvalue weighted by Crippen LogP contribution is -2.34. The predicted octanol–water partition coefficient (Wildman–Crippen LogP) is 1.60. The van der Waals surface area contributed by atoms with Crippen molar-refractivity contribution >= 4 is 0 Å². The summed E-state index contributed by atoms with van der Waals surface area (Å²) >= 11 is 0. The van der Waals surface area contributed by atoms with Crippen molar-refractivity contribution < 1.29 is 9.47 Å². The van der Waals surface area contributed by atoms with E-state index in [1.165, 1.54) is 0 Å². The molecule has 0 saturated heterocycles. The molecule has 0 bridgehead atoms. The Kier molecular flexibility index (Phi) is 3.23. The van der Waals surface area contributed by atoms with Gasteiger partial charge in [-0.05, 0) is 13.1 Å². The Balaban J connectivity index is 2.26. The summed E-state index contributed by atoms with van der Waals surface area (Å²) in [7, 11) is 3.71. The fourth-order valence-electron chi connectivity index (χ4n) is 2.13. The first-order valence-corrected chi connectivity index (χ1v) is 5.26. The van der Waals surface area contributed by atoms with Crippen molar-refractivity contribution in [2.45, 2.75) is 6.10 Å². The number of methoxy groups -OCH3 is 1. The predicted molar refractivity (Wildman–Crippen MR) is 59.1 cm³/mol. The molecule has 2 rings (SSSR count). The van der Waals surface area contributed by atoms with Gasteiger partial charge in [-0.1, -0.05) is 18.2 Å². The maximum Gasteiger partial charge on any atom is 0.125 e. The van der Waals surface area contributed by atoms with Gasteiger partial charge in [-0.25, -0.2) is 0 Å². The molecule has 3 nitrogen and oxygen atoms in total. The third-order valence-corrected chi connectivity index (χ3v) is 2.83. The van der Waals surface area contributed by atoms with Gasteiger partial charge in [-0.3, -0.25) is 0 Å². The van der Waals surface area contributed by atoms with Gasteiger partial charge in [0, 0.05) is 25.1 Å². The smallest absolute Gasteiger partial charge is 0.125 e. The molecule has 1 aliphatic heterocycles. The van der Waals surface area contributed by atoms with E-state index in [0.29, 0.717) is 5.92 Å². The van der Waals surface area contributed by atoms with Crippen LogP contribution in [0.3, 0.4) is 0 Å². The van der Waals surface area contributed by atoms with E-state index in [0.717, 1.165) is 24.5 Å². The third-order valence-electron chi connectivity index (χ3n) is 2.83. The molecule has 82 valence electrons. The topological polar surface area (TPSA) is 30.5 Å². The minimum Gasteiger partial charge on any atom is -0.493 e. The number of ether oxygens (including phenoxy) is 2. The second kappa shape index (κ2) is 4.64. The first kappa shape index (κ1) is 10.5. The number of para-hydroxylation sites is 1. The van der Waals surface area contributed by atoms with Crippen LogP contribution in [0.15, 0.2) is 24.3 Å². The van der Waals surface area contributed by atoms with Crippen LogP contribution in [0.1, 0.15) is 11.7 Å². The van der Waals surface area contributed by atoms with Crippen molar-refractivity contribution in [2.75, 3.05) is 27.3 Å². The van der Waals surface area contributed by atoms with Crippen LogP contribution in [0, 0.1) is 5.92 Å². The molecular formula is C12H17NO2. The highest BCUT2D eigenvalue weighted by Gasteiger charge is 2.29. The summed E-state index contributed by atoms with van der Waals surface area (Å²) in [6, 6.07) is 8.09. The molecule has 0 radical (unpaired) electrons. The minimum atomic E-state index is 0.141. The molecule has 1 N–H and O–H groups in total. The first-order valence-electron chi connectivity index (χ1n) is 5.26. The number of nitrogens with one attached hydrogen (secondary N) is 1. The number of benzene rings is 1. The molecular weight excluding hydrogens is 190 g/mol. The van der Waals surface area contributed by atoms with Gasteiger partial charge in [0.2, 0.25) is 0 Å². The van der Waals surface area contributed by atoms with Gasteiger partial charge in [-0.2, -0.15) is 0 Å². The minimum absolute atomic E-state index is 0.141. The Labute approximate surface area is 90.4 Å². The van der Waals surface area contributed by atoms with Crippen molar-refractivity contribution in [1.29, 1.82) is 0 Å². The molecule has 1 aromatic carbocycles. The van der Waals surface area contributed by atoms with Gasteiger partial charge in [0.15, 0.2) is 0 Å². The molecule has 1 aliphatic rings. The quantitative estimate of drug-likeness (QED) is 0.816. The number of hydrogen-bond donors (Lipinski definition) is 1. The largest absolute Gasteiger partial charge is 0.493 e. The monoisotopic (exact) mass is 207 g/mol. The zero-order valence-electron chi connectivity index (χ0n) is 9.19. The van der Waals surface area contributed by atoms with E-state index in [4.69, 9.17) is 9.47 Å². The molecule has 2 unspecified atom stereocenters. The molecule has 0 fully saturated rings. The van der Waals surface area contributed by atoms with Gasteiger partial charge >= 0.3 is 0 Å². The van der Waals surface area contributed by atoms with Gasteiger partial charge in [0.25, 0.3) is 0 Å². The second-order valence-corrected chi connectivity index (χ2v) is 3.82. The molecule has 0 spiro atoms. The van der Waals surface area contributed by atoms with Gasteiger partial charge in [0.05, 0.1) is 12.7 Å². The average Bonchev–Trinajstić information content (AvgIpc) is 2.29. The summed E-state index contributed by atoms with van der Waals surface area (Å²) in [4.78, 5) is 0. The molecule has 3 heteroatoms. The highest BCUT2D eigenvalue weighted by Crippen LogP contribution is 2.36. The van der Waals surface area contributed by atoms with E-state index in [-0.39, 0.29) is 6.10 Å². The molecule has 1 aromatic rings. The van der Waals surface area contributed by atoms with Crippen LogP contribution in [-0.4, -0.2) is 27.3 Å². The van der Waals surface area contributed by atoms with E-state index >= 15 is 0 Å². The molecule has 2 atom stereocenters. The fraction of sp³-hybridized carbons (Fsp3) is 0.500. The van der Waals surface area contributed by atoms with Gasteiger partial charge in [0.1, 0.15) is 5.75 Å². The molecule has 0 aromatic heterocycles. The summed E-state index contributed by atoms with van der Waals surface area (Å²) < 4.78 is 11.3. The van der Waals surface area contributed by atoms with Crippen molar-refractivity contribution in [1.82, 2.24) is 5.32 Å². The summed E-state index contributed by atoms with van der Waals surface area (Å²) in [5, 5.41) is 3.17. The van der Waals surface area contributed by atoms with Gasteiger partial charge < -0.3 is 14.8 Å². The third kappa shape index (κ3) is 1.98. The van der Waals surface area contributed by atoms with E-state index in [1.807, 2.05) is 25.2 Å². The number of hydrogen-bond acceptors (Lipinski definition) is 3. The maximum atomic E-state index is 5.70. The lowest BCUT2D eigenvalue weighted by molar-refractivity contribution is 0.0127. The molecule has 0 aliphatic carbocycles. The maximum absolute atomic E-state index is 5.70. The normalized spacial score (nSPS) is 24.4. The van der Waals surface area contributed by atoms with Crippen molar-refractivity contribution in [3.05, 3.63) is 29.8 Å². The lowest BCUT2D eigenvalue weighted by atomic mass is 9.93. The molecule has 0 saturated carbocycles. The van der Waals surface area contributed by atoms with E-state index in [2.05, 4.69) is 11.4 Å². The van der Waals surface area contributed by atoms with Crippen molar-refractivity contribution in [2.24, 2.45) is 5.92 Å². The summed E-state index contributed by atoms with van der Waals surface area (Å²) in [6.07, 6.45) is 0.141. The van der Waals surface area contributed by atoms with Crippen LogP contribution >= 0.6 is 0 Å². The summed E-state index contributed by atoms with van der Waals surface area (Å²) in [6.45, 7) is 1.63. The number of rotatable bonds is 3. The summed E-state index contributed by atoms with van der Waals surface area (Å²) in [5.74, 6) is 1.34. The van der Waals surface area contributed by atoms with E-state index < -0.39 is 0 Å². The second-order valence-electron chi connectivity index (χ2n) is 3.82. The Morgan fingerprint density at radius 2 is 2.27 bits per heavy atom. The Morgan fingerprint density at radius 3 is 3.00 bits per heavy atom. The van der Waals surface area contributed by atoms with E-state index in [1.54, 1.807) is 7.11 Å². The van der Waals surface area contributed by atoms with Crippen molar-refractivity contribution in [3.8, 4) is 5.75 Å². The first-order chi connectivity index (χ1) is 7.36. The fourth-order valence-corrected chi connectivity index (χ4v) is 2.13. The van der Waals surface area contributed by atoms with Crippen LogP contribution in [0.25, 0.3) is 0 Å².